The number of aryl methyl sites for hydroxylation is 2. The van der Waals surface area contributed by atoms with Crippen molar-refractivity contribution in [2.75, 3.05) is 11.1 Å². The van der Waals surface area contributed by atoms with Crippen LogP contribution in [-0.4, -0.2) is 15.8 Å². The van der Waals surface area contributed by atoms with Crippen molar-refractivity contribution in [3.05, 3.63) is 5.69 Å². The fourth-order valence-corrected chi connectivity index (χ4v) is 2.12. The summed E-state index contributed by atoms with van der Waals surface area (Å²) >= 11 is 0. The summed E-state index contributed by atoms with van der Waals surface area (Å²) in [6.45, 7) is 4.37. The Kier molecular flexibility index (Phi) is 3.08. The second-order valence-corrected chi connectivity index (χ2v) is 4.85. The third-order valence-electron chi connectivity index (χ3n) is 3.34. The molecule has 1 fully saturated rings. The maximum absolute atomic E-state index is 6.11. The van der Waals surface area contributed by atoms with E-state index in [2.05, 4.69) is 24.3 Å². The molecule has 1 aromatic heterocycles. The Morgan fingerprint density at radius 1 is 1.56 bits per heavy atom. The summed E-state index contributed by atoms with van der Waals surface area (Å²) in [6, 6.07) is 0.507. The molecule has 4 nitrogen and oxygen atoms in total. The predicted octanol–water partition coefficient (Wildman–Crippen LogP) is 2.17. The van der Waals surface area contributed by atoms with Gasteiger partial charge in [0.15, 0.2) is 0 Å². The van der Waals surface area contributed by atoms with Crippen LogP contribution in [0.2, 0.25) is 0 Å². The van der Waals surface area contributed by atoms with Gasteiger partial charge in [-0.1, -0.05) is 13.3 Å². The third-order valence-corrected chi connectivity index (χ3v) is 3.34. The second-order valence-electron chi connectivity index (χ2n) is 4.85. The standard InChI is InChI=1S/C12H22N4/c1-4-5-10-11(13)12(16(3)15-10)14-8(2)9-6-7-9/h8-9,14H,4-7,13H2,1-3H3. The lowest BCUT2D eigenvalue weighted by Gasteiger charge is -2.14. The van der Waals surface area contributed by atoms with Crippen LogP contribution in [-0.2, 0) is 13.5 Å². The SMILES string of the molecule is CCCc1nn(C)c(NC(C)C2CC2)c1N. The summed E-state index contributed by atoms with van der Waals surface area (Å²) in [5.74, 6) is 1.81. The first kappa shape index (κ1) is 11.3. The molecule has 1 heterocycles. The molecule has 0 aromatic carbocycles. The van der Waals surface area contributed by atoms with Crippen LogP contribution in [0.1, 0.15) is 38.8 Å². The fraction of sp³-hybridized carbons (Fsp3) is 0.750. The van der Waals surface area contributed by atoms with Crippen molar-refractivity contribution in [3.8, 4) is 0 Å². The highest BCUT2D eigenvalue weighted by Gasteiger charge is 2.29. The molecule has 4 heteroatoms. The molecule has 0 spiro atoms. The molecule has 1 unspecified atom stereocenters. The first-order valence-electron chi connectivity index (χ1n) is 6.21. The second kappa shape index (κ2) is 4.36. The summed E-state index contributed by atoms with van der Waals surface area (Å²) < 4.78 is 1.87. The molecule has 1 aromatic rings. The van der Waals surface area contributed by atoms with E-state index in [0.717, 1.165) is 36.0 Å². The Bertz CT molecular complexity index is 365. The van der Waals surface area contributed by atoms with E-state index in [1.807, 2.05) is 11.7 Å². The number of aromatic nitrogens is 2. The van der Waals surface area contributed by atoms with Crippen LogP contribution >= 0.6 is 0 Å². The lowest BCUT2D eigenvalue weighted by atomic mass is 10.2. The van der Waals surface area contributed by atoms with E-state index < -0.39 is 0 Å². The highest BCUT2D eigenvalue weighted by Crippen LogP contribution is 2.35. The molecule has 0 radical (unpaired) electrons. The van der Waals surface area contributed by atoms with E-state index in [0.29, 0.717) is 6.04 Å². The predicted molar refractivity (Wildman–Crippen MR) is 67.4 cm³/mol. The number of hydrogen-bond donors (Lipinski definition) is 2. The molecular weight excluding hydrogens is 200 g/mol. The van der Waals surface area contributed by atoms with Gasteiger partial charge in [-0.25, -0.2) is 0 Å². The van der Waals surface area contributed by atoms with Gasteiger partial charge < -0.3 is 11.1 Å². The number of hydrogen-bond acceptors (Lipinski definition) is 3. The molecule has 16 heavy (non-hydrogen) atoms. The zero-order chi connectivity index (χ0) is 11.7. The van der Waals surface area contributed by atoms with E-state index in [9.17, 15) is 0 Å². The van der Waals surface area contributed by atoms with Crippen LogP contribution in [0.15, 0.2) is 0 Å². The molecule has 0 amide bonds. The van der Waals surface area contributed by atoms with Crippen molar-refractivity contribution in [2.24, 2.45) is 13.0 Å². The number of nitrogens with two attached hydrogens (primary N) is 1. The molecule has 0 aliphatic heterocycles. The van der Waals surface area contributed by atoms with Gasteiger partial charge in [0.05, 0.1) is 11.4 Å². The molecule has 3 N–H and O–H groups in total. The number of rotatable bonds is 5. The van der Waals surface area contributed by atoms with Crippen molar-refractivity contribution < 1.29 is 0 Å². The van der Waals surface area contributed by atoms with Crippen molar-refractivity contribution in [2.45, 2.75) is 45.6 Å². The Labute approximate surface area is 97.2 Å². The Morgan fingerprint density at radius 2 is 2.25 bits per heavy atom. The van der Waals surface area contributed by atoms with Crippen LogP contribution < -0.4 is 11.1 Å². The van der Waals surface area contributed by atoms with Gasteiger partial charge in [0.2, 0.25) is 0 Å². The molecular formula is C12H22N4. The average Bonchev–Trinajstić information content (AvgIpc) is 3.04. The van der Waals surface area contributed by atoms with Crippen molar-refractivity contribution in [1.82, 2.24) is 9.78 Å². The fourth-order valence-electron chi connectivity index (χ4n) is 2.12. The van der Waals surface area contributed by atoms with Crippen LogP contribution in [0, 0.1) is 5.92 Å². The monoisotopic (exact) mass is 222 g/mol. The Morgan fingerprint density at radius 3 is 2.81 bits per heavy atom. The highest BCUT2D eigenvalue weighted by molar-refractivity contribution is 5.65. The van der Waals surface area contributed by atoms with Crippen molar-refractivity contribution in [1.29, 1.82) is 0 Å². The normalized spacial score (nSPS) is 17.4. The maximum atomic E-state index is 6.11. The van der Waals surface area contributed by atoms with E-state index in [-0.39, 0.29) is 0 Å². The van der Waals surface area contributed by atoms with Crippen LogP contribution in [0.3, 0.4) is 0 Å². The molecule has 0 saturated heterocycles. The van der Waals surface area contributed by atoms with Gasteiger partial charge in [0, 0.05) is 13.1 Å². The zero-order valence-electron chi connectivity index (χ0n) is 10.5. The molecule has 1 aliphatic rings. The maximum Gasteiger partial charge on any atom is 0.147 e. The number of nitrogens with zero attached hydrogens (tertiary/aromatic N) is 2. The Hall–Kier alpha value is -1.19. The van der Waals surface area contributed by atoms with E-state index >= 15 is 0 Å². The summed E-state index contributed by atoms with van der Waals surface area (Å²) in [4.78, 5) is 0. The van der Waals surface area contributed by atoms with Crippen LogP contribution in [0.25, 0.3) is 0 Å². The number of anilines is 2. The topological polar surface area (TPSA) is 55.9 Å². The molecule has 2 rings (SSSR count). The van der Waals surface area contributed by atoms with Crippen molar-refractivity contribution >= 4 is 11.5 Å². The van der Waals surface area contributed by atoms with Gasteiger partial charge in [0.25, 0.3) is 0 Å². The number of nitrogens with one attached hydrogen (secondary N) is 1. The third kappa shape index (κ3) is 2.15. The summed E-state index contributed by atoms with van der Waals surface area (Å²) in [5, 5.41) is 7.96. The molecule has 90 valence electrons. The summed E-state index contributed by atoms with van der Waals surface area (Å²) in [7, 11) is 1.96. The average molecular weight is 222 g/mol. The Balaban J connectivity index is 2.12. The van der Waals surface area contributed by atoms with Gasteiger partial charge in [-0.05, 0) is 32.1 Å². The number of nitrogen functional groups attached to an aromatic ring is 1. The van der Waals surface area contributed by atoms with Crippen molar-refractivity contribution in [3.63, 3.8) is 0 Å². The smallest absolute Gasteiger partial charge is 0.147 e. The minimum Gasteiger partial charge on any atom is -0.394 e. The summed E-state index contributed by atoms with van der Waals surface area (Å²) in [5.41, 5.74) is 7.97. The largest absolute Gasteiger partial charge is 0.394 e. The van der Waals surface area contributed by atoms with Gasteiger partial charge >= 0.3 is 0 Å². The minimum atomic E-state index is 0.507. The van der Waals surface area contributed by atoms with Gasteiger partial charge in [-0.2, -0.15) is 5.10 Å². The van der Waals surface area contributed by atoms with E-state index in [1.165, 1.54) is 12.8 Å². The van der Waals surface area contributed by atoms with Crippen LogP contribution in [0.5, 0.6) is 0 Å². The molecule has 1 atom stereocenters. The van der Waals surface area contributed by atoms with E-state index in [1.54, 1.807) is 0 Å². The lowest BCUT2D eigenvalue weighted by Crippen LogP contribution is -2.20. The summed E-state index contributed by atoms with van der Waals surface area (Å²) in [6.07, 6.45) is 4.72. The van der Waals surface area contributed by atoms with E-state index in [4.69, 9.17) is 5.73 Å². The molecule has 0 bridgehead atoms. The van der Waals surface area contributed by atoms with Gasteiger partial charge in [-0.3, -0.25) is 4.68 Å². The highest BCUT2D eigenvalue weighted by atomic mass is 15.3. The first-order chi connectivity index (χ1) is 7.63. The quantitative estimate of drug-likeness (QED) is 0.802. The first-order valence-corrected chi connectivity index (χ1v) is 6.21. The lowest BCUT2D eigenvalue weighted by molar-refractivity contribution is 0.668. The van der Waals surface area contributed by atoms with Gasteiger partial charge in [-0.15, -0.1) is 0 Å². The molecule has 1 aliphatic carbocycles. The minimum absolute atomic E-state index is 0.507. The molecule has 1 saturated carbocycles. The zero-order valence-corrected chi connectivity index (χ0v) is 10.5. The van der Waals surface area contributed by atoms with Gasteiger partial charge in [0.1, 0.15) is 5.82 Å². The van der Waals surface area contributed by atoms with Crippen LogP contribution in [0.4, 0.5) is 11.5 Å².